The summed E-state index contributed by atoms with van der Waals surface area (Å²) in [6, 6.07) is 3.72. The van der Waals surface area contributed by atoms with Gasteiger partial charge in [-0.15, -0.1) is 0 Å². The molecule has 2 aliphatic heterocycles. The van der Waals surface area contributed by atoms with Crippen LogP contribution in [0.25, 0.3) is 11.0 Å². The van der Waals surface area contributed by atoms with Crippen LogP contribution in [0.5, 0.6) is 5.75 Å². The predicted molar refractivity (Wildman–Crippen MR) is 105 cm³/mol. The number of halogens is 3. The number of carboxylic acid groups (broad SMARTS) is 1. The maximum absolute atomic E-state index is 13.0. The number of carbonyl (C=O) groups excluding carboxylic acids is 2. The lowest BCUT2D eigenvalue weighted by Gasteiger charge is -2.47. The van der Waals surface area contributed by atoms with Gasteiger partial charge in [-0.2, -0.15) is 21.6 Å². The Labute approximate surface area is 186 Å². The normalized spacial score (nSPS) is 21.7. The first-order valence-electron chi connectivity index (χ1n) is 9.88. The highest BCUT2D eigenvalue weighted by Crippen LogP contribution is 2.47. The number of amides is 2. The Kier molecular flexibility index (Phi) is 4.90. The lowest BCUT2D eigenvalue weighted by molar-refractivity contribution is -0.274. The number of benzene rings is 1. The fourth-order valence-electron chi connectivity index (χ4n) is 4.47. The molecule has 1 saturated heterocycles. The number of piperidine rings is 1. The van der Waals surface area contributed by atoms with Gasteiger partial charge in [0.15, 0.2) is 5.75 Å². The van der Waals surface area contributed by atoms with E-state index in [0.717, 1.165) is 11.0 Å². The number of fused-ring (bicyclic) bond motifs is 4. The molecule has 14 heteroatoms. The topological polar surface area (TPSA) is 125 Å². The second kappa shape index (κ2) is 6.98. The Balaban J connectivity index is 1.83. The minimum Gasteiger partial charge on any atom is -0.530 e. The quantitative estimate of drug-likeness (QED) is 0.462. The van der Waals surface area contributed by atoms with Gasteiger partial charge in [-0.3, -0.25) is 4.79 Å². The zero-order chi connectivity index (χ0) is 24.6. The molecule has 2 aromatic rings. The standard InChI is InChI=1S/C19H21F3N4O6S/c1-17(2,3)25-8-7-18(9-13(25)27)15-23-14-11(24(15)10-26(18)16(28)29)5-4-6-12(14)32-33(30,31)19(20,21)22/h4-6H,7-10H2,1-3H3,(H,28,29)/p-1. The van der Waals surface area contributed by atoms with Crippen LogP contribution in [-0.4, -0.2) is 57.4 Å². The second-order valence-corrected chi connectivity index (χ2v) is 10.5. The van der Waals surface area contributed by atoms with E-state index in [1.807, 2.05) is 20.8 Å². The maximum Gasteiger partial charge on any atom is 0.534 e. The van der Waals surface area contributed by atoms with Gasteiger partial charge in [0.1, 0.15) is 23.0 Å². The van der Waals surface area contributed by atoms with Crippen LogP contribution in [-0.2, 0) is 27.1 Å². The van der Waals surface area contributed by atoms with Crippen molar-refractivity contribution < 1.29 is 40.5 Å². The van der Waals surface area contributed by atoms with Gasteiger partial charge in [0.05, 0.1) is 18.6 Å². The molecule has 4 rings (SSSR count). The predicted octanol–water partition coefficient (Wildman–Crippen LogP) is 1.50. The Morgan fingerprint density at radius 3 is 2.45 bits per heavy atom. The van der Waals surface area contributed by atoms with Crippen LogP contribution in [0.1, 0.15) is 39.4 Å². The van der Waals surface area contributed by atoms with Gasteiger partial charge in [-0.05, 0) is 39.3 Å². The number of likely N-dealkylation sites (tertiary alicyclic amines) is 1. The number of para-hydroxylation sites is 1. The van der Waals surface area contributed by atoms with Crippen molar-refractivity contribution in [3.8, 4) is 5.75 Å². The Hall–Kier alpha value is -3.03. The van der Waals surface area contributed by atoms with E-state index in [4.69, 9.17) is 0 Å². The number of aromatic nitrogens is 2. The average Bonchev–Trinajstić information content (AvgIpc) is 3.16. The highest BCUT2D eigenvalue weighted by molar-refractivity contribution is 7.88. The largest absolute Gasteiger partial charge is 0.534 e. The number of hydrogen-bond acceptors (Lipinski definition) is 7. The van der Waals surface area contributed by atoms with Gasteiger partial charge in [0.25, 0.3) is 0 Å². The van der Waals surface area contributed by atoms with Gasteiger partial charge in [-0.1, -0.05) is 6.07 Å². The number of alkyl halides is 3. The van der Waals surface area contributed by atoms with Gasteiger partial charge >= 0.3 is 15.6 Å². The number of carbonyl (C=O) groups is 2. The fraction of sp³-hybridized carbons (Fsp3) is 0.526. The molecular formula is C19H20F3N4O6S-. The molecule has 0 aliphatic carbocycles. The molecule has 2 amide bonds. The second-order valence-electron chi connectivity index (χ2n) is 8.98. The molecule has 10 nitrogen and oxygen atoms in total. The first kappa shape index (κ1) is 23.1. The van der Waals surface area contributed by atoms with Crippen LogP contribution in [0.15, 0.2) is 18.2 Å². The molecule has 2 aliphatic rings. The summed E-state index contributed by atoms with van der Waals surface area (Å²) in [5.74, 6) is -0.860. The number of rotatable bonds is 2. The number of imidazole rings is 1. The first-order valence-corrected chi connectivity index (χ1v) is 11.3. The lowest BCUT2D eigenvalue weighted by atomic mass is 9.83. The summed E-state index contributed by atoms with van der Waals surface area (Å²) in [5, 5.41) is 11.9. The molecule has 180 valence electrons. The Morgan fingerprint density at radius 1 is 1.24 bits per heavy atom. The molecule has 1 atom stereocenters. The van der Waals surface area contributed by atoms with E-state index in [9.17, 15) is 36.3 Å². The van der Waals surface area contributed by atoms with Crippen molar-refractivity contribution in [1.29, 1.82) is 0 Å². The van der Waals surface area contributed by atoms with Gasteiger partial charge in [0, 0.05) is 12.1 Å². The smallest absolute Gasteiger partial charge is 0.530 e. The van der Waals surface area contributed by atoms with E-state index in [-0.39, 0.29) is 48.8 Å². The SMILES string of the molecule is CC(C)(C)N1CCC2(CC1=O)c1nc3c(OS(=O)(=O)C(F)(F)F)cccc3n1CN2C(=O)[O-]. The summed E-state index contributed by atoms with van der Waals surface area (Å²) in [7, 11) is -5.95. The van der Waals surface area contributed by atoms with Crippen molar-refractivity contribution in [1.82, 2.24) is 19.4 Å². The summed E-state index contributed by atoms with van der Waals surface area (Å²) in [5.41, 5.74) is -7.58. The van der Waals surface area contributed by atoms with Gasteiger partial charge in [0.2, 0.25) is 5.91 Å². The molecule has 0 bridgehead atoms. The molecule has 0 radical (unpaired) electrons. The van der Waals surface area contributed by atoms with E-state index in [1.165, 1.54) is 16.7 Å². The molecule has 1 aromatic carbocycles. The molecule has 1 unspecified atom stereocenters. The Bertz CT molecular complexity index is 1270. The number of nitrogens with zero attached hydrogens (tertiary/aromatic N) is 4. The monoisotopic (exact) mass is 489 g/mol. The van der Waals surface area contributed by atoms with Crippen LogP contribution in [0, 0.1) is 0 Å². The third-order valence-electron chi connectivity index (χ3n) is 5.96. The van der Waals surface area contributed by atoms with Gasteiger partial charge in [-0.25, -0.2) is 4.98 Å². The average molecular weight is 489 g/mol. The molecule has 0 saturated carbocycles. The molecule has 33 heavy (non-hydrogen) atoms. The van der Waals surface area contributed by atoms with Crippen LogP contribution >= 0.6 is 0 Å². The van der Waals surface area contributed by atoms with Crippen molar-refractivity contribution in [3.63, 3.8) is 0 Å². The highest BCUT2D eigenvalue weighted by Gasteiger charge is 2.54. The van der Waals surface area contributed by atoms with Crippen molar-refractivity contribution >= 4 is 33.2 Å². The molecular weight excluding hydrogens is 469 g/mol. The van der Waals surface area contributed by atoms with Crippen molar-refractivity contribution in [2.75, 3.05) is 6.54 Å². The molecule has 1 spiro atoms. The molecule has 1 aromatic heterocycles. The van der Waals surface area contributed by atoms with Crippen LogP contribution < -0.4 is 9.29 Å². The maximum atomic E-state index is 13.0. The minimum absolute atomic E-state index is 0.115. The zero-order valence-corrected chi connectivity index (χ0v) is 18.7. The summed E-state index contributed by atoms with van der Waals surface area (Å²) in [6.45, 7) is 5.45. The van der Waals surface area contributed by atoms with E-state index < -0.39 is 38.5 Å². The van der Waals surface area contributed by atoms with E-state index in [0.29, 0.717) is 0 Å². The fourth-order valence-corrected chi connectivity index (χ4v) is 4.93. The third-order valence-corrected chi connectivity index (χ3v) is 6.93. The summed E-state index contributed by atoms with van der Waals surface area (Å²) >= 11 is 0. The van der Waals surface area contributed by atoms with E-state index in [1.54, 1.807) is 4.90 Å². The van der Waals surface area contributed by atoms with Gasteiger partial charge < -0.3 is 28.5 Å². The summed E-state index contributed by atoms with van der Waals surface area (Å²) < 4.78 is 67.2. The molecule has 0 N–H and O–H groups in total. The Morgan fingerprint density at radius 2 is 1.91 bits per heavy atom. The van der Waals surface area contributed by atoms with Crippen molar-refractivity contribution in [2.45, 2.75) is 56.9 Å². The van der Waals surface area contributed by atoms with Crippen molar-refractivity contribution in [3.05, 3.63) is 24.0 Å². The molecule has 1 fully saturated rings. The van der Waals surface area contributed by atoms with Crippen LogP contribution in [0.3, 0.4) is 0 Å². The van der Waals surface area contributed by atoms with Crippen LogP contribution in [0.4, 0.5) is 18.0 Å². The zero-order valence-electron chi connectivity index (χ0n) is 17.8. The minimum atomic E-state index is -5.95. The third kappa shape index (κ3) is 3.47. The highest BCUT2D eigenvalue weighted by atomic mass is 32.2. The van der Waals surface area contributed by atoms with Crippen molar-refractivity contribution in [2.24, 2.45) is 0 Å². The lowest BCUT2D eigenvalue weighted by Crippen LogP contribution is -2.59. The summed E-state index contributed by atoms with van der Waals surface area (Å²) in [4.78, 5) is 31.8. The van der Waals surface area contributed by atoms with E-state index >= 15 is 0 Å². The van der Waals surface area contributed by atoms with Crippen LogP contribution in [0.2, 0.25) is 0 Å². The number of hydrogen-bond donors (Lipinski definition) is 0. The first-order chi connectivity index (χ1) is 15.1. The van der Waals surface area contributed by atoms with E-state index in [2.05, 4.69) is 9.17 Å². The molecule has 3 heterocycles. The summed E-state index contributed by atoms with van der Waals surface area (Å²) in [6.07, 6.45) is -1.61.